The quantitative estimate of drug-likeness (QED) is 0.826. The summed E-state index contributed by atoms with van der Waals surface area (Å²) in [5, 5.41) is 10.7. The average molecular weight is 242 g/mol. The number of nitrogens with one attached hydrogen (secondary N) is 1. The Morgan fingerprint density at radius 1 is 1.44 bits per heavy atom. The van der Waals surface area contributed by atoms with Crippen molar-refractivity contribution in [1.82, 2.24) is 0 Å². The molecule has 0 spiro atoms. The highest BCUT2D eigenvalue weighted by molar-refractivity contribution is 7.99. The Morgan fingerprint density at radius 3 is 2.56 bits per heavy atom. The van der Waals surface area contributed by atoms with Crippen LogP contribution in [0.25, 0.3) is 0 Å². The van der Waals surface area contributed by atoms with Crippen LogP contribution >= 0.6 is 11.8 Å². The minimum absolute atomic E-state index is 0.229. The van der Waals surface area contributed by atoms with Crippen molar-refractivity contribution in [3.05, 3.63) is 24.3 Å². The van der Waals surface area contributed by atoms with Crippen LogP contribution in [0.1, 0.15) is 6.42 Å². The Balaban J connectivity index is 2.58. The molecule has 0 aromatic heterocycles. The van der Waals surface area contributed by atoms with Crippen LogP contribution in [0, 0.1) is 11.3 Å². The van der Waals surface area contributed by atoms with Gasteiger partial charge in [0.15, 0.2) is 0 Å². The van der Waals surface area contributed by atoms with Gasteiger partial charge in [-0.1, -0.05) is 11.8 Å². The Morgan fingerprint density at radius 2 is 2.06 bits per heavy atom. The summed E-state index contributed by atoms with van der Waals surface area (Å²) in [5.41, 5.74) is 0.485. The fourth-order valence-electron chi connectivity index (χ4n) is 0.997. The van der Waals surface area contributed by atoms with E-state index < -0.39 is 11.7 Å². The molecule has 0 saturated carbocycles. The summed E-state index contributed by atoms with van der Waals surface area (Å²) in [6.07, 6.45) is -0.229. The molecule has 0 radical (unpaired) electrons. The molecule has 1 amide bonds. The van der Waals surface area contributed by atoms with E-state index in [1.165, 1.54) is 24.3 Å². The highest BCUT2D eigenvalue weighted by atomic mass is 32.2. The highest BCUT2D eigenvalue weighted by Gasteiger charge is 2.05. The first-order valence-electron chi connectivity index (χ1n) is 4.33. The van der Waals surface area contributed by atoms with Crippen molar-refractivity contribution in [3.8, 4) is 6.07 Å². The van der Waals surface area contributed by atoms with Gasteiger partial charge in [-0.25, -0.2) is 0 Å². The molecule has 0 bridgehead atoms. The predicted molar refractivity (Wildman–Crippen MR) is 57.2 cm³/mol. The minimum Gasteiger partial charge on any atom is -0.325 e. The van der Waals surface area contributed by atoms with Gasteiger partial charge in [-0.05, 0) is 24.3 Å². The average Bonchev–Trinajstić information content (AvgIpc) is 2.20. The first-order valence-corrected chi connectivity index (χ1v) is 5.21. The molecule has 1 aromatic carbocycles. The molecule has 0 heterocycles. The monoisotopic (exact) mass is 242 g/mol. The van der Waals surface area contributed by atoms with Crippen LogP contribution in [-0.4, -0.2) is 11.7 Å². The summed E-state index contributed by atoms with van der Waals surface area (Å²) in [4.78, 5) is 11.4. The van der Waals surface area contributed by atoms with E-state index in [0.717, 1.165) is 0 Å². The smallest absolute Gasteiger partial charge is 0.288 e. The first kappa shape index (κ1) is 12.5. The van der Waals surface area contributed by atoms with Gasteiger partial charge in [0, 0.05) is 10.6 Å². The van der Waals surface area contributed by atoms with Crippen LogP contribution in [0.4, 0.5) is 14.5 Å². The molecule has 16 heavy (non-hydrogen) atoms. The summed E-state index contributed by atoms with van der Waals surface area (Å²) in [6.45, 7) is 0. The Hall–Kier alpha value is -1.61. The number of thioether (sulfide) groups is 1. The molecule has 1 N–H and O–H groups in total. The fraction of sp³-hybridized carbons (Fsp3) is 0.200. The van der Waals surface area contributed by atoms with E-state index in [-0.39, 0.29) is 6.42 Å². The van der Waals surface area contributed by atoms with E-state index in [9.17, 15) is 13.6 Å². The number of alkyl halides is 2. The van der Waals surface area contributed by atoms with Gasteiger partial charge < -0.3 is 5.32 Å². The van der Waals surface area contributed by atoms with Gasteiger partial charge in [-0.3, -0.25) is 4.79 Å². The summed E-state index contributed by atoms with van der Waals surface area (Å²) in [5.74, 6) is -2.88. The SMILES string of the molecule is N#CCC(=O)Nc1ccc(SC(F)F)cc1. The maximum atomic E-state index is 12.0. The number of nitriles is 1. The maximum Gasteiger partial charge on any atom is 0.288 e. The van der Waals surface area contributed by atoms with Gasteiger partial charge in [0.1, 0.15) is 6.42 Å². The van der Waals surface area contributed by atoms with Crippen LogP contribution in [-0.2, 0) is 4.79 Å². The van der Waals surface area contributed by atoms with Crippen molar-refractivity contribution in [1.29, 1.82) is 5.26 Å². The van der Waals surface area contributed by atoms with Crippen molar-refractivity contribution in [3.63, 3.8) is 0 Å². The molecule has 0 saturated heterocycles. The summed E-state index contributed by atoms with van der Waals surface area (Å²) < 4.78 is 24.0. The van der Waals surface area contributed by atoms with E-state index in [0.29, 0.717) is 22.3 Å². The standard InChI is InChI=1S/C10H8F2N2OS/c11-10(12)16-8-3-1-7(2-4-8)14-9(15)5-6-13/h1-4,10H,5H2,(H,14,15). The second-order valence-corrected chi connectivity index (χ2v) is 3.85. The number of nitrogens with zero attached hydrogens (tertiary/aromatic N) is 1. The molecule has 0 aliphatic rings. The molecule has 0 atom stereocenters. The number of amides is 1. The first-order chi connectivity index (χ1) is 7.61. The number of benzene rings is 1. The molecule has 1 rings (SSSR count). The Bertz CT molecular complexity index is 400. The molecule has 0 aliphatic carbocycles. The van der Waals surface area contributed by atoms with Gasteiger partial charge in [-0.15, -0.1) is 0 Å². The third-order valence-corrected chi connectivity index (χ3v) is 2.33. The van der Waals surface area contributed by atoms with Crippen LogP contribution in [0.2, 0.25) is 0 Å². The minimum atomic E-state index is -2.46. The lowest BCUT2D eigenvalue weighted by atomic mass is 10.3. The Kier molecular flexibility index (Phi) is 4.73. The number of carbonyl (C=O) groups excluding carboxylic acids is 1. The molecule has 0 unspecified atom stereocenters. The van der Waals surface area contributed by atoms with Crippen molar-refractivity contribution in [2.24, 2.45) is 0 Å². The largest absolute Gasteiger partial charge is 0.325 e. The third-order valence-electron chi connectivity index (χ3n) is 1.60. The van der Waals surface area contributed by atoms with Crippen molar-refractivity contribution in [2.45, 2.75) is 17.1 Å². The van der Waals surface area contributed by atoms with Crippen molar-refractivity contribution >= 4 is 23.4 Å². The normalized spacial score (nSPS) is 9.88. The van der Waals surface area contributed by atoms with E-state index in [1.54, 1.807) is 6.07 Å². The fourth-order valence-corrected chi connectivity index (χ4v) is 1.50. The molecule has 6 heteroatoms. The van der Waals surface area contributed by atoms with Gasteiger partial charge >= 0.3 is 0 Å². The summed E-state index contributed by atoms with van der Waals surface area (Å²) >= 11 is 0.438. The number of halogens is 2. The van der Waals surface area contributed by atoms with Gasteiger partial charge in [0.2, 0.25) is 5.91 Å². The number of hydrogen-bond acceptors (Lipinski definition) is 3. The van der Waals surface area contributed by atoms with Crippen molar-refractivity contribution < 1.29 is 13.6 Å². The van der Waals surface area contributed by atoms with E-state index in [2.05, 4.69) is 5.32 Å². The zero-order valence-electron chi connectivity index (χ0n) is 8.11. The van der Waals surface area contributed by atoms with Crippen LogP contribution in [0.5, 0.6) is 0 Å². The maximum absolute atomic E-state index is 12.0. The van der Waals surface area contributed by atoms with Gasteiger partial charge in [-0.2, -0.15) is 14.0 Å². The predicted octanol–water partition coefficient (Wildman–Crippen LogP) is 2.85. The van der Waals surface area contributed by atoms with E-state index in [4.69, 9.17) is 5.26 Å². The number of hydrogen-bond donors (Lipinski definition) is 1. The number of carbonyl (C=O) groups is 1. The molecule has 84 valence electrons. The second kappa shape index (κ2) is 6.08. The van der Waals surface area contributed by atoms with E-state index in [1.807, 2.05) is 0 Å². The number of rotatable bonds is 4. The molecule has 3 nitrogen and oxygen atoms in total. The highest BCUT2D eigenvalue weighted by Crippen LogP contribution is 2.26. The molecule has 1 aromatic rings. The topological polar surface area (TPSA) is 52.9 Å². The summed E-state index contributed by atoms with van der Waals surface area (Å²) in [7, 11) is 0. The number of anilines is 1. The molecule has 0 fully saturated rings. The van der Waals surface area contributed by atoms with E-state index >= 15 is 0 Å². The van der Waals surface area contributed by atoms with Crippen LogP contribution in [0.3, 0.4) is 0 Å². The summed E-state index contributed by atoms with van der Waals surface area (Å²) in [6, 6.07) is 7.71. The molecule has 0 aliphatic heterocycles. The molecular formula is C10H8F2N2OS. The molecular weight excluding hydrogens is 234 g/mol. The second-order valence-electron chi connectivity index (χ2n) is 2.79. The van der Waals surface area contributed by atoms with Crippen LogP contribution < -0.4 is 5.32 Å². The third kappa shape index (κ3) is 4.28. The van der Waals surface area contributed by atoms with Crippen molar-refractivity contribution in [2.75, 3.05) is 5.32 Å². The van der Waals surface area contributed by atoms with Crippen LogP contribution in [0.15, 0.2) is 29.2 Å². The lowest BCUT2D eigenvalue weighted by molar-refractivity contribution is -0.115. The lowest BCUT2D eigenvalue weighted by Crippen LogP contribution is -2.09. The zero-order chi connectivity index (χ0) is 12.0. The van der Waals surface area contributed by atoms with Gasteiger partial charge in [0.05, 0.1) is 6.07 Å². The van der Waals surface area contributed by atoms with Gasteiger partial charge in [0.25, 0.3) is 5.76 Å². The lowest BCUT2D eigenvalue weighted by Gasteiger charge is -2.04. The Labute approximate surface area is 95.4 Å². The zero-order valence-corrected chi connectivity index (χ0v) is 8.93.